The SMILES string of the molecule is c1ccc2c(c1)Oc1cccc3c1N2c1cc2c(oc4ccccc42)c2c1B3n1c3ccc(C45CC6CC(CC(C6)C4)C5)cc3c3cc(C45CC6CC(CC(C6)C4)C5)cc-2c31. The third-order valence-corrected chi connectivity index (χ3v) is 18.8. The van der Waals surface area contributed by atoms with E-state index in [0.717, 1.165) is 63.9 Å². The summed E-state index contributed by atoms with van der Waals surface area (Å²) in [5.74, 6) is 7.23. The number of hydrogen-bond acceptors (Lipinski definition) is 3. The molecule has 8 bridgehead atoms. The van der Waals surface area contributed by atoms with E-state index in [1.807, 2.05) is 0 Å². The lowest BCUT2D eigenvalue weighted by Crippen LogP contribution is -2.57. The largest absolute Gasteiger partial charge is 0.455 e. The molecule has 61 heavy (non-hydrogen) atoms. The van der Waals surface area contributed by atoms with E-state index in [-0.39, 0.29) is 12.3 Å². The Bertz CT molecular complexity index is 3280. The molecular weight excluding hydrogens is 743 g/mol. The van der Waals surface area contributed by atoms with Crippen molar-refractivity contribution in [2.24, 2.45) is 35.5 Å². The first-order valence-electron chi connectivity index (χ1n) is 23.9. The van der Waals surface area contributed by atoms with Crippen molar-refractivity contribution in [2.45, 2.75) is 87.9 Å². The van der Waals surface area contributed by atoms with Gasteiger partial charge in [0.15, 0.2) is 11.5 Å². The summed E-state index contributed by atoms with van der Waals surface area (Å²) in [7, 11) is 0. The molecule has 11 aliphatic rings. The number of furan rings is 1. The van der Waals surface area contributed by atoms with E-state index in [1.54, 1.807) is 11.1 Å². The first-order valence-corrected chi connectivity index (χ1v) is 23.9. The van der Waals surface area contributed by atoms with Crippen molar-refractivity contribution in [3.63, 3.8) is 0 Å². The number of ether oxygens (including phenoxy) is 1. The number of rotatable bonds is 2. The summed E-state index contributed by atoms with van der Waals surface area (Å²) in [4.78, 5) is 2.54. The smallest absolute Gasteiger partial charge is 0.333 e. The van der Waals surface area contributed by atoms with Crippen molar-refractivity contribution in [3.8, 4) is 22.6 Å². The Kier molecular flexibility index (Phi) is 5.62. The molecule has 8 saturated carbocycles. The van der Waals surface area contributed by atoms with Crippen molar-refractivity contribution in [1.82, 2.24) is 4.48 Å². The summed E-state index contributed by atoms with van der Waals surface area (Å²) < 4.78 is 16.8. The van der Waals surface area contributed by atoms with Gasteiger partial charge in [0.25, 0.3) is 0 Å². The summed E-state index contributed by atoms with van der Waals surface area (Å²) in [5.41, 5.74) is 17.5. The monoisotopic (exact) mass is 790 g/mol. The van der Waals surface area contributed by atoms with Crippen molar-refractivity contribution in [3.05, 3.63) is 114 Å². The van der Waals surface area contributed by atoms with Crippen LogP contribution in [0.5, 0.6) is 11.5 Å². The van der Waals surface area contributed by atoms with Gasteiger partial charge in [-0.1, -0.05) is 48.5 Å². The Morgan fingerprint density at radius 1 is 0.541 bits per heavy atom. The average Bonchev–Trinajstić information content (AvgIpc) is 3.80. The maximum atomic E-state index is 7.20. The van der Waals surface area contributed by atoms with E-state index in [1.165, 1.54) is 143 Å². The van der Waals surface area contributed by atoms with Gasteiger partial charge < -0.3 is 18.5 Å². The second-order valence-corrected chi connectivity index (χ2v) is 22.1. The third kappa shape index (κ3) is 3.87. The zero-order chi connectivity index (χ0) is 39.1. The molecule has 2 aromatic heterocycles. The van der Waals surface area contributed by atoms with Gasteiger partial charge in [0, 0.05) is 49.4 Å². The topological polar surface area (TPSA) is 30.5 Å². The molecule has 0 amide bonds. The van der Waals surface area contributed by atoms with Gasteiger partial charge in [-0.15, -0.1) is 0 Å². The summed E-state index contributed by atoms with van der Waals surface area (Å²) in [6, 6.07) is 40.1. The zero-order valence-electron chi connectivity index (χ0n) is 34.6. The fourth-order valence-electron chi connectivity index (χ4n) is 17.5. The number of aromatic nitrogens is 1. The summed E-state index contributed by atoms with van der Waals surface area (Å²) >= 11 is 0. The van der Waals surface area contributed by atoms with E-state index >= 15 is 0 Å². The first kappa shape index (κ1) is 32.3. The molecule has 4 nitrogen and oxygen atoms in total. The van der Waals surface area contributed by atoms with Crippen molar-refractivity contribution in [2.75, 3.05) is 4.90 Å². The Balaban J connectivity index is 1.03. The van der Waals surface area contributed by atoms with Crippen LogP contribution in [0.4, 0.5) is 17.1 Å². The Morgan fingerprint density at radius 3 is 1.95 bits per heavy atom. The summed E-state index contributed by atoms with van der Waals surface area (Å²) in [6.45, 7) is -0.0361. The molecule has 0 saturated heterocycles. The molecule has 0 spiro atoms. The minimum absolute atomic E-state index is 0.0361. The van der Waals surface area contributed by atoms with Gasteiger partial charge in [0.05, 0.1) is 11.4 Å². The Labute approximate surface area is 356 Å². The maximum Gasteiger partial charge on any atom is 0.333 e. The molecule has 6 aromatic carbocycles. The van der Waals surface area contributed by atoms with Crippen LogP contribution in [0.25, 0.3) is 54.9 Å². The van der Waals surface area contributed by atoms with E-state index in [4.69, 9.17) is 9.15 Å². The minimum atomic E-state index is -0.0361. The quantitative estimate of drug-likeness (QED) is 0.163. The molecule has 8 aromatic rings. The van der Waals surface area contributed by atoms with Crippen LogP contribution < -0.4 is 20.6 Å². The average molecular weight is 791 g/mol. The lowest BCUT2D eigenvalue weighted by Gasteiger charge is -2.57. The molecule has 3 aliphatic heterocycles. The van der Waals surface area contributed by atoms with E-state index in [2.05, 4.69) is 113 Å². The highest BCUT2D eigenvalue weighted by atomic mass is 16.5. The van der Waals surface area contributed by atoms with Crippen molar-refractivity contribution < 1.29 is 9.15 Å². The highest BCUT2D eigenvalue weighted by Gasteiger charge is 2.54. The number of hydrogen-bond donors (Lipinski definition) is 0. The van der Waals surface area contributed by atoms with Crippen LogP contribution in [-0.4, -0.2) is 11.3 Å². The van der Waals surface area contributed by atoms with Crippen LogP contribution in [0.2, 0.25) is 0 Å². The highest BCUT2D eigenvalue weighted by molar-refractivity contribution is 6.90. The van der Waals surface area contributed by atoms with Crippen LogP contribution >= 0.6 is 0 Å². The van der Waals surface area contributed by atoms with Gasteiger partial charge in [-0.2, -0.15) is 0 Å². The highest BCUT2D eigenvalue weighted by Crippen LogP contribution is 2.64. The zero-order valence-corrected chi connectivity index (χ0v) is 34.6. The standard InChI is InChI=1S/C56H47BN2O2/c1-3-9-47-38(6-1)41-23-46-51-50(54(41)61-47)42-22-37(56-27-33-17-34(28-56)19-35(18-33)29-56)21-40-39-20-36(55-24-30-14-31(25-55)16-32(15-30)26-55)12-13-44(39)59(52(40)42)57(51)43-7-5-11-49-53(43)58(46)45-8-2-4-10-48(45)60-49/h1-13,20-23,30-35H,14-19,24-29H2. The van der Waals surface area contributed by atoms with Gasteiger partial charge in [-0.3, -0.25) is 0 Å². The second-order valence-electron chi connectivity index (χ2n) is 22.1. The number of fused-ring (bicyclic) bond motifs is 13. The first-order chi connectivity index (χ1) is 30.0. The molecule has 19 rings (SSSR count). The van der Waals surface area contributed by atoms with Gasteiger partial charge in [0.2, 0.25) is 0 Å². The molecule has 8 aliphatic carbocycles. The minimum Gasteiger partial charge on any atom is -0.455 e. The van der Waals surface area contributed by atoms with Crippen LogP contribution in [0.3, 0.4) is 0 Å². The van der Waals surface area contributed by atoms with Gasteiger partial charge in [-0.05, 0) is 200 Å². The molecule has 0 unspecified atom stereocenters. The number of para-hydroxylation sites is 4. The molecule has 5 heteroatoms. The number of benzene rings is 6. The van der Waals surface area contributed by atoms with Crippen molar-refractivity contribution in [1.29, 1.82) is 0 Å². The number of anilines is 3. The van der Waals surface area contributed by atoms with E-state index in [9.17, 15) is 0 Å². The predicted octanol–water partition coefficient (Wildman–Crippen LogP) is 13.2. The normalized spacial score (nSPS) is 31.3. The van der Waals surface area contributed by atoms with Gasteiger partial charge in [-0.25, -0.2) is 0 Å². The molecule has 8 fully saturated rings. The van der Waals surface area contributed by atoms with Crippen LogP contribution in [-0.2, 0) is 10.8 Å². The van der Waals surface area contributed by atoms with Crippen LogP contribution in [0.1, 0.15) is 88.2 Å². The summed E-state index contributed by atoms with van der Waals surface area (Å²) in [6.07, 6.45) is 17.0. The Hall–Kier alpha value is -5.42. The molecule has 0 radical (unpaired) electrons. The lowest BCUT2D eigenvalue weighted by atomic mass is 9.44. The fourth-order valence-corrected chi connectivity index (χ4v) is 17.5. The molecule has 5 heterocycles. The molecule has 296 valence electrons. The molecule has 0 atom stereocenters. The van der Waals surface area contributed by atoms with Crippen LogP contribution in [0, 0.1) is 35.5 Å². The summed E-state index contributed by atoms with van der Waals surface area (Å²) in [5, 5.41) is 5.34. The third-order valence-electron chi connectivity index (χ3n) is 18.8. The van der Waals surface area contributed by atoms with Crippen molar-refractivity contribution >= 4 is 78.6 Å². The number of nitrogens with zero attached hydrogens (tertiary/aromatic N) is 2. The van der Waals surface area contributed by atoms with Gasteiger partial charge in [0.1, 0.15) is 11.2 Å². The Morgan fingerprint density at radius 2 is 1.20 bits per heavy atom. The molecular formula is C56H47BN2O2. The van der Waals surface area contributed by atoms with E-state index < -0.39 is 0 Å². The van der Waals surface area contributed by atoms with Crippen LogP contribution in [0.15, 0.2) is 108 Å². The lowest BCUT2D eigenvalue weighted by molar-refractivity contribution is -0.00527. The maximum absolute atomic E-state index is 7.20. The predicted molar refractivity (Wildman–Crippen MR) is 247 cm³/mol. The van der Waals surface area contributed by atoms with Gasteiger partial charge >= 0.3 is 6.85 Å². The van der Waals surface area contributed by atoms with E-state index in [0.29, 0.717) is 5.41 Å². The second kappa shape index (κ2) is 10.6. The molecule has 0 N–H and O–H groups in total. The fraction of sp³-hybridized carbons (Fsp3) is 0.357.